The number of pyridine rings is 1. The lowest BCUT2D eigenvalue weighted by Crippen LogP contribution is -2.27. The largest absolute Gasteiger partial charge is 0.384 e. The number of hydrogen-bond donors (Lipinski definition) is 1. The van der Waals surface area contributed by atoms with Crippen LogP contribution in [0.3, 0.4) is 0 Å². The fourth-order valence-corrected chi connectivity index (χ4v) is 2.12. The van der Waals surface area contributed by atoms with Gasteiger partial charge in [-0.1, -0.05) is 19.1 Å². The summed E-state index contributed by atoms with van der Waals surface area (Å²) in [6.07, 6.45) is 4.50. The zero-order chi connectivity index (χ0) is 15.1. The molecule has 0 aliphatic carbocycles. The summed E-state index contributed by atoms with van der Waals surface area (Å²) in [7, 11) is 1.82. The third-order valence-electron chi connectivity index (χ3n) is 3.24. The highest BCUT2D eigenvalue weighted by Crippen LogP contribution is 2.17. The molecule has 0 bridgehead atoms. The van der Waals surface area contributed by atoms with Crippen LogP contribution in [0.4, 0.5) is 5.69 Å². The van der Waals surface area contributed by atoms with Crippen LogP contribution in [-0.4, -0.2) is 29.4 Å². The lowest BCUT2D eigenvalue weighted by molar-refractivity contribution is 0.0786. The number of rotatable bonds is 6. The first-order chi connectivity index (χ1) is 10.2. The van der Waals surface area contributed by atoms with Crippen molar-refractivity contribution in [1.29, 1.82) is 0 Å². The quantitative estimate of drug-likeness (QED) is 0.885. The van der Waals surface area contributed by atoms with E-state index in [2.05, 4.69) is 17.2 Å². The minimum absolute atomic E-state index is 0.0195. The summed E-state index contributed by atoms with van der Waals surface area (Å²) < 4.78 is 0. The molecule has 0 radical (unpaired) electrons. The van der Waals surface area contributed by atoms with Crippen LogP contribution in [0, 0.1) is 0 Å². The Bertz CT molecular complexity index is 584. The summed E-state index contributed by atoms with van der Waals surface area (Å²) in [5.41, 5.74) is 2.67. The van der Waals surface area contributed by atoms with Crippen molar-refractivity contribution in [3.8, 4) is 0 Å². The van der Waals surface area contributed by atoms with Gasteiger partial charge in [0.05, 0.1) is 5.56 Å². The summed E-state index contributed by atoms with van der Waals surface area (Å²) in [4.78, 5) is 18.3. The second-order valence-electron chi connectivity index (χ2n) is 4.99. The van der Waals surface area contributed by atoms with Gasteiger partial charge in [-0.2, -0.15) is 0 Å². The van der Waals surface area contributed by atoms with Crippen molar-refractivity contribution in [1.82, 2.24) is 9.88 Å². The van der Waals surface area contributed by atoms with Gasteiger partial charge in [0.1, 0.15) is 0 Å². The minimum atomic E-state index is 0.0195. The van der Waals surface area contributed by atoms with E-state index in [0.29, 0.717) is 12.1 Å². The first-order valence-corrected chi connectivity index (χ1v) is 7.19. The van der Waals surface area contributed by atoms with E-state index < -0.39 is 0 Å². The van der Waals surface area contributed by atoms with Crippen molar-refractivity contribution < 1.29 is 4.79 Å². The Kier molecular flexibility index (Phi) is 5.32. The molecule has 0 aliphatic heterocycles. The van der Waals surface area contributed by atoms with Crippen molar-refractivity contribution in [3.05, 3.63) is 59.9 Å². The fourth-order valence-electron chi connectivity index (χ4n) is 2.12. The standard InChI is InChI=1S/C17H21N3O/c1-3-10-19-16-7-5-4-6-15(16)17(21)20(2)13-14-8-11-18-12-9-14/h4-9,11-12,19H,3,10,13H2,1-2H3. The van der Waals surface area contributed by atoms with Gasteiger partial charge >= 0.3 is 0 Å². The molecule has 0 spiro atoms. The number of hydrogen-bond acceptors (Lipinski definition) is 3. The smallest absolute Gasteiger partial charge is 0.255 e. The molecule has 1 amide bonds. The first-order valence-electron chi connectivity index (χ1n) is 7.19. The monoisotopic (exact) mass is 283 g/mol. The molecule has 0 atom stereocenters. The predicted molar refractivity (Wildman–Crippen MR) is 85.3 cm³/mol. The molecule has 1 aromatic carbocycles. The van der Waals surface area contributed by atoms with Gasteiger partial charge < -0.3 is 10.2 Å². The SMILES string of the molecule is CCCNc1ccccc1C(=O)N(C)Cc1ccncc1. The molecule has 1 aromatic heterocycles. The Morgan fingerprint density at radius 2 is 1.90 bits per heavy atom. The van der Waals surface area contributed by atoms with E-state index in [9.17, 15) is 4.79 Å². The van der Waals surface area contributed by atoms with E-state index in [-0.39, 0.29) is 5.91 Å². The van der Waals surface area contributed by atoms with Crippen molar-refractivity contribution >= 4 is 11.6 Å². The van der Waals surface area contributed by atoms with Gasteiger partial charge in [0.25, 0.3) is 5.91 Å². The number of nitrogens with zero attached hydrogens (tertiary/aromatic N) is 2. The van der Waals surface area contributed by atoms with Crippen LogP contribution in [0.5, 0.6) is 0 Å². The summed E-state index contributed by atoms with van der Waals surface area (Å²) in [6, 6.07) is 11.5. The Balaban J connectivity index is 2.12. The van der Waals surface area contributed by atoms with Crippen LogP contribution in [0.1, 0.15) is 29.3 Å². The summed E-state index contributed by atoms with van der Waals surface area (Å²) in [5.74, 6) is 0.0195. The van der Waals surface area contributed by atoms with Crippen molar-refractivity contribution in [2.75, 3.05) is 18.9 Å². The van der Waals surface area contributed by atoms with Gasteiger partial charge in [-0.05, 0) is 36.2 Å². The van der Waals surface area contributed by atoms with Crippen LogP contribution in [0.15, 0.2) is 48.8 Å². The number of anilines is 1. The van der Waals surface area contributed by atoms with Crippen LogP contribution in [0.2, 0.25) is 0 Å². The second-order valence-corrected chi connectivity index (χ2v) is 4.99. The molecule has 0 unspecified atom stereocenters. The molecule has 0 saturated carbocycles. The normalized spacial score (nSPS) is 10.2. The molecule has 1 heterocycles. The van der Waals surface area contributed by atoms with Gasteiger partial charge in [-0.15, -0.1) is 0 Å². The number of carbonyl (C=O) groups is 1. The van der Waals surface area contributed by atoms with E-state index in [1.165, 1.54) is 0 Å². The minimum Gasteiger partial charge on any atom is -0.384 e. The molecule has 0 aliphatic rings. The molecule has 0 fully saturated rings. The Morgan fingerprint density at radius 3 is 2.62 bits per heavy atom. The van der Waals surface area contributed by atoms with Crippen LogP contribution in [-0.2, 0) is 6.54 Å². The molecule has 0 saturated heterocycles. The van der Waals surface area contributed by atoms with E-state index in [4.69, 9.17) is 0 Å². The Labute approximate surface area is 125 Å². The third kappa shape index (κ3) is 4.05. The predicted octanol–water partition coefficient (Wildman–Crippen LogP) is 3.18. The number of benzene rings is 1. The lowest BCUT2D eigenvalue weighted by Gasteiger charge is -2.19. The maximum Gasteiger partial charge on any atom is 0.255 e. The molecular weight excluding hydrogens is 262 g/mol. The van der Waals surface area contributed by atoms with Gasteiger partial charge in [0.2, 0.25) is 0 Å². The zero-order valence-corrected chi connectivity index (χ0v) is 12.5. The van der Waals surface area contributed by atoms with Gasteiger partial charge in [0.15, 0.2) is 0 Å². The Morgan fingerprint density at radius 1 is 1.19 bits per heavy atom. The first kappa shape index (κ1) is 15.0. The van der Waals surface area contributed by atoms with E-state index in [1.54, 1.807) is 17.3 Å². The molecule has 2 rings (SSSR count). The molecule has 4 heteroatoms. The van der Waals surface area contributed by atoms with Gasteiger partial charge in [-0.25, -0.2) is 0 Å². The van der Waals surface area contributed by atoms with Crippen molar-refractivity contribution in [2.45, 2.75) is 19.9 Å². The van der Waals surface area contributed by atoms with Gasteiger partial charge in [-0.3, -0.25) is 9.78 Å². The molecular formula is C17H21N3O. The fraction of sp³-hybridized carbons (Fsp3) is 0.294. The van der Waals surface area contributed by atoms with Crippen LogP contribution >= 0.6 is 0 Å². The highest BCUT2D eigenvalue weighted by Gasteiger charge is 2.15. The van der Waals surface area contributed by atoms with Gasteiger partial charge in [0, 0.05) is 38.2 Å². The van der Waals surface area contributed by atoms with Crippen LogP contribution < -0.4 is 5.32 Å². The summed E-state index contributed by atoms with van der Waals surface area (Å²) in [6.45, 7) is 3.54. The molecule has 4 nitrogen and oxygen atoms in total. The molecule has 21 heavy (non-hydrogen) atoms. The molecule has 1 N–H and O–H groups in total. The van der Waals surface area contributed by atoms with Crippen molar-refractivity contribution in [3.63, 3.8) is 0 Å². The highest BCUT2D eigenvalue weighted by molar-refractivity contribution is 5.99. The average molecular weight is 283 g/mol. The van der Waals surface area contributed by atoms with Crippen LogP contribution in [0.25, 0.3) is 0 Å². The number of aromatic nitrogens is 1. The van der Waals surface area contributed by atoms with E-state index in [1.807, 2.05) is 43.4 Å². The summed E-state index contributed by atoms with van der Waals surface area (Å²) >= 11 is 0. The maximum atomic E-state index is 12.6. The molecule has 110 valence electrons. The number of nitrogens with one attached hydrogen (secondary N) is 1. The topological polar surface area (TPSA) is 45.2 Å². The number of carbonyl (C=O) groups excluding carboxylic acids is 1. The third-order valence-corrected chi connectivity index (χ3v) is 3.24. The molecule has 2 aromatic rings. The highest BCUT2D eigenvalue weighted by atomic mass is 16.2. The summed E-state index contributed by atoms with van der Waals surface area (Å²) in [5, 5.41) is 3.31. The van der Waals surface area contributed by atoms with Crippen molar-refractivity contribution in [2.24, 2.45) is 0 Å². The maximum absolute atomic E-state index is 12.6. The average Bonchev–Trinajstić information content (AvgIpc) is 2.53. The number of amides is 1. The number of para-hydroxylation sites is 1. The zero-order valence-electron chi connectivity index (χ0n) is 12.5. The Hall–Kier alpha value is -2.36. The lowest BCUT2D eigenvalue weighted by atomic mass is 10.1. The van der Waals surface area contributed by atoms with E-state index in [0.717, 1.165) is 24.2 Å². The van der Waals surface area contributed by atoms with E-state index >= 15 is 0 Å². The second kappa shape index (κ2) is 7.43.